The number of carbonyl (C=O) groups is 1. The average Bonchev–Trinajstić information content (AvgIpc) is 2.45. The Bertz CT molecular complexity index is 676. The van der Waals surface area contributed by atoms with E-state index in [1.54, 1.807) is 6.07 Å². The molecule has 110 valence electrons. The Balaban J connectivity index is 1.98. The van der Waals surface area contributed by atoms with Gasteiger partial charge in [0.1, 0.15) is 5.69 Å². The van der Waals surface area contributed by atoms with Crippen LogP contribution in [0.25, 0.3) is 0 Å². The summed E-state index contributed by atoms with van der Waals surface area (Å²) in [7, 11) is 0. The van der Waals surface area contributed by atoms with E-state index in [-0.39, 0.29) is 20.8 Å². The molecule has 0 unspecified atom stereocenters. The Morgan fingerprint density at radius 2 is 1.90 bits per heavy atom. The summed E-state index contributed by atoms with van der Waals surface area (Å²) in [6.45, 7) is 0.428. The Morgan fingerprint density at radius 3 is 2.62 bits per heavy atom. The first-order valence-corrected chi connectivity index (χ1v) is 7.52. The van der Waals surface area contributed by atoms with Gasteiger partial charge in [-0.2, -0.15) is 0 Å². The van der Waals surface area contributed by atoms with Gasteiger partial charge in [-0.3, -0.25) is 4.79 Å². The van der Waals surface area contributed by atoms with Gasteiger partial charge < -0.3 is 5.32 Å². The summed E-state index contributed by atoms with van der Waals surface area (Å²) < 4.78 is 0. The van der Waals surface area contributed by atoms with Gasteiger partial charge in [0.15, 0.2) is 0 Å². The topological polar surface area (TPSA) is 42.0 Å². The van der Waals surface area contributed by atoms with Crippen molar-refractivity contribution in [2.75, 3.05) is 6.54 Å². The predicted octanol–water partition coefficient (Wildman–Crippen LogP) is 4.67. The fraction of sp³-hybridized carbons (Fsp3) is 0.143. The lowest BCUT2D eigenvalue weighted by molar-refractivity contribution is 0.0949. The van der Waals surface area contributed by atoms with Crippen molar-refractivity contribution in [1.29, 1.82) is 0 Å². The number of nitrogens with one attached hydrogen (secondary N) is 1. The van der Waals surface area contributed by atoms with Gasteiger partial charge in [0.05, 0.1) is 15.1 Å². The summed E-state index contributed by atoms with van der Waals surface area (Å²) in [6, 6.07) is 7.43. The lowest BCUT2D eigenvalue weighted by Gasteiger charge is -2.08. The van der Waals surface area contributed by atoms with Gasteiger partial charge in [-0.25, -0.2) is 4.98 Å². The zero-order chi connectivity index (χ0) is 15.4. The van der Waals surface area contributed by atoms with Crippen molar-refractivity contribution >= 4 is 52.3 Å². The number of hydrogen-bond acceptors (Lipinski definition) is 2. The number of amides is 1. The molecule has 3 nitrogen and oxygen atoms in total. The van der Waals surface area contributed by atoms with Crippen LogP contribution >= 0.6 is 46.4 Å². The molecule has 7 heteroatoms. The van der Waals surface area contributed by atoms with Gasteiger partial charge >= 0.3 is 0 Å². The third-order valence-electron chi connectivity index (χ3n) is 2.72. The number of rotatable bonds is 4. The molecule has 2 rings (SSSR count). The Hall–Kier alpha value is -1.000. The fourth-order valence-electron chi connectivity index (χ4n) is 1.70. The number of pyridine rings is 1. The van der Waals surface area contributed by atoms with Crippen molar-refractivity contribution < 1.29 is 4.79 Å². The summed E-state index contributed by atoms with van der Waals surface area (Å²) in [5.41, 5.74) is 1.08. The maximum atomic E-state index is 12.0. The molecular formula is C14H10Cl4N2O. The van der Waals surface area contributed by atoms with Crippen LogP contribution in [0.2, 0.25) is 20.1 Å². The number of nitrogens with zero attached hydrogens (tertiary/aromatic N) is 1. The third-order valence-corrected chi connectivity index (χ3v) is 4.20. The Labute approximate surface area is 142 Å². The van der Waals surface area contributed by atoms with Crippen molar-refractivity contribution in [2.45, 2.75) is 6.42 Å². The number of aromatic nitrogens is 1. The number of hydrogen-bond donors (Lipinski definition) is 1. The molecule has 0 saturated carbocycles. The van der Waals surface area contributed by atoms with Crippen LogP contribution in [0.15, 0.2) is 30.5 Å². The van der Waals surface area contributed by atoms with Crippen LogP contribution in [0.3, 0.4) is 0 Å². The zero-order valence-electron chi connectivity index (χ0n) is 10.7. The van der Waals surface area contributed by atoms with Crippen LogP contribution in [-0.2, 0) is 6.42 Å². The number of halogens is 4. The molecular weight excluding hydrogens is 354 g/mol. The van der Waals surface area contributed by atoms with Crippen molar-refractivity contribution in [3.05, 3.63) is 61.8 Å². The van der Waals surface area contributed by atoms with Gasteiger partial charge in [-0.1, -0.05) is 58.5 Å². The molecule has 0 aliphatic heterocycles. The largest absolute Gasteiger partial charge is 0.350 e. The summed E-state index contributed by atoms with van der Waals surface area (Å²) in [6.07, 6.45) is 1.94. The van der Waals surface area contributed by atoms with E-state index in [0.29, 0.717) is 18.0 Å². The molecule has 1 N–H and O–H groups in total. The van der Waals surface area contributed by atoms with E-state index in [4.69, 9.17) is 46.4 Å². The minimum absolute atomic E-state index is 0.0458. The first kappa shape index (κ1) is 16.4. The van der Waals surface area contributed by atoms with E-state index >= 15 is 0 Å². The van der Waals surface area contributed by atoms with Crippen LogP contribution in [0.1, 0.15) is 16.1 Å². The molecule has 1 aromatic carbocycles. The Morgan fingerprint density at radius 1 is 1.14 bits per heavy atom. The lowest BCUT2D eigenvalue weighted by Crippen LogP contribution is -2.27. The van der Waals surface area contributed by atoms with E-state index in [1.807, 2.05) is 18.2 Å². The highest BCUT2D eigenvalue weighted by Crippen LogP contribution is 2.30. The summed E-state index contributed by atoms with van der Waals surface area (Å²) in [5, 5.41) is 3.75. The maximum absolute atomic E-state index is 12.0. The van der Waals surface area contributed by atoms with Crippen LogP contribution < -0.4 is 5.32 Å². The normalized spacial score (nSPS) is 10.5. The first-order valence-electron chi connectivity index (χ1n) is 6.01. The monoisotopic (exact) mass is 362 g/mol. The van der Waals surface area contributed by atoms with Crippen molar-refractivity contribution in [2.24, 2.45) is 0 Å². The average molecular weight is 364 g/mol. The van der Waals surface area contributed by atoms with E-state index < -0.39 is 5.91 Å². The number of benzene rings is 1. The molecule has 0 aliphatic carbocycles. The highest BCUT2D eigenvalue weighted by atomic mass is 35.5. The van der Waals surface area contributed by atoms with Crippen molar-refractivity contribution in [3.8, 4) is 0 Å². The van der Waals surface area contributed by atoms with E-state index in [0.717, 1.165) is 5.56 Å². The highest BCUT2D eigenvalue weighted by Gasteiger charge is 2.16. The molecule has 0 spiro atoms. The van der Waals surface area contributed by atoms with Gasteiger partial charge in [-0.15, -0.1) is 0 Å². The molecule has 0 fully saturated rings. The van der Waals surface area contributed by atoms with Crippen LogP contribution in [0.4, 0.5) is 0 Å². The van der Waals surface area contributed by atoms with Crippen molar-refractivity contribution in [3.63, 3.8) is 0 Å². The lowest BCUT2D eigenvalue weighted by atomic mass is 10.1. The minimum Gasteiger partial charge on any atom is -0.350 e. The molecule has 0 bridgehead atoms. The third kappa shape index (κ3) is 4.24. The maximum Gasteiger partial charge on any atom is 0.271 e. The second kappa shape index (κ2) is 7.32. The molecule has 21 heavy (non-hydrogen) atoms. The van der Waals surface area contributed by atoms with Gasteiger partial charge in [-0.05, 0) is 24.1 Å². The second-order valence-electron chi connectivity index (χ2n) is 4.22. The van der Waals surface area contributed by atoms with Gasteiger partial charge in [0.25, 0.3) is 5.91 Å². The zero-order valence-corrected chi connectivity index (χ0v) is 13.7. The summed E-state index contributed by atoms with van der Waals surface area (Å²) in [4.78, 5) is 15.9. The molecule has 2 aromatic rings. The smallest absolute Gasteiger partial charge is 0.271 e. The van der Waals surface area contributed by atoms with E-state index in [1.165, 1.54) is 6.20 Å². The molecule has 1 heterocycles. The molecule has 0 saturated heterocycles. The van der Waals surface area contributed by atoms with Gasteiger partial charge in [0.2, 0.25) is 0 Å². The molecule has 1 aromatic heterocycles. The van der Waals surface area contributed by atoms with E-state index in [9.17, 15) is 4.79 Å². The Kier molecular flexibility index (Phi) is 5.71. The first-order chi connectivity index (χ1) is 9.99. The van der Waals surface area contributed by atoms with Gasteiger partial charge in [0, 0.05) is 17.8 Å². The van der Waals surface area contributed by atoms with Crippen LogP contribution in [0.5, 0.6) is 0 Å². The standard InChI is InChI=1S/C14H10Cl4N2O/c15-9-3-1-2-8(6-9)4-5-19-14(21)13-12(18)11(17)10(16)7-20-13/h1-3,6-7H,4-5H2,(H,19,21). The second-order valence-corrected chi connectivity index (χ2v) is 5.82. The fourth-order valence-corrected chi connectivity index (χ4v) is 2.48. The SMILES string of the molecule is O=C(NCCc1cccc(Cl)c1)c1ncc(Cl)c(Cl)c1Cl. The molecule has 1 amide bonds. The minimum atomic E-state index is -0.402. The molecule has 0 atom stereocenters. The molecule has 0 aliphatic rings. The molecule has 0 radical (unpaired) electrons. The number of carbonyl (C=O) groups excluding carboxylic acids is 1. The van der Waals surface area contributed by atoms with Crippen LogP contribution in [-0.4, -0.2) is 17.4 Å². The summed E-state index contributed by atoms with van der Waals surface area (Å²) >= 11 is 23.5. The van der Waals surface area contributed by atoms with E-state index in [2.05, 4.69) is 10.3 Å². The highest BCUT2D eigenvalue weighted by molar-refractivity contribution is 6.48. The predicted molar refractivity (Wildman–Crippen MR) is 86.8 cm³/mol. The van der Waals surface area contributed by atoms with Crippen LogP contribution in [0, 0.1) is 0 Å². The summed E-state index contributed by atoms with van der Waals surface area (Å²) in [5.74, 6) is -0.402. The quantitative estimate of drug-likeness (QED) is 0.857. The van der Waals surface area contributed by atoms with Crippen molar-refractivity contribution in [1.82, 2.24) is 10.3 Å².